The van der Waals surface area contributed by atoms with Crippen LogP contribution >= 0.6 is 39.1 Å². The highest BCUT2D eigenvalue weighted by Crippen LogP contribution is 2.35. The normalized spacial score (nSPS) is 11.4. The Labute approximate surface area is 139 Å². The maximum absolute atomic E-state index is 13.7. The van der Waals surface area contributed by atoms with E-state index in [1.807, 2.05) is 0 Å². The van der Waals surface area contributed by atoms with E-state index < -0.39 is 15.8 Å². The number of benzene rings is 2. The van der Waals surface area contributed by atoms with E-state index >= 15 is 0 Å². The van der Waals surface area contributed by atoms with Crippen molar-refractivity contribution in [1.29, 1.82) is 0 Å². The number of nitrogens with one attached hydrogen (secondary N) is 1. The zero-order valence-corrected chi connectivity index (χ0v) is 14.1. The molecule has 3 N–H and O–H groups in total. The minimum atomic E-state index is -4.19. The second-order valence-corrected chi connectivity index (χ2v) is 7.36. The summed E-state index contributed by atoms with van der Waals surface area (Å²) in [6.07, 6.45) is 0. The molecule has 4 nitrogen and oxygen atoms in total. The average Bonchev–Trinajstić information content (AvgIpc) is 2.32. The number of nitrogens with two attached hydrogens (primary N) is 1. The number of nitrogen functional groups attached to an aromatic ring is 1. The lowest BCUT2D eigenvalue weighted by atomic mass is 10.3. The highest BCUT2D eigenvalue weighted by Gasteiger charge is 2.24. The van der Waals surface area contributed by atoms with Crippen LogP contribution in [0.25, 0.3) is 0 Å². The van der Waals surface area contributed by atoms with E-state index in [0.717, 1.165) is 6.07 Å². The molecule has 0 aliphatic rings. The zero-order valence-electron chi connectivity index (χ0n) is 10.2. The van der Waals surface area contributed by atoms with E-state index in [1.165, 1.54) is 24.3 Å². The summed E-state index contributed by atoms with van der Waals surface area (Å²) >= 11 is 15.0. The summed E-state index contributed by atoms with van der Waals surface area (Å²) in [5.74, 6) is -0.803. The predicted octanol–water partition coefficient (Wildman–Crippen LogP) is 4.28. The summed E-state index contributed by atoms with van der Waals surface area (Å²) in [4.78, 5) is -0.350. The van der Waals surface area contributed by atoms with Gasteiger partial charge in [-0.25, -0.2) is 12.8 Å². The van der Waals surface area contributed by atoms with Crippen LogP contribution in [0, 0.1) is 5.82 Å². The van der Waals surface area contributed by atoms with E-state index in [1.54, 1.807) is 0 Å². The molecule has 0 radical (unpaired) electrons. The second kappa shape index (κ2) is 6.00. The van der Waals surface area contributed by atoms with E-state index in [9.17, 15) is 12.8 Å². The van der Waals surface area contributed by atoms with Crippen LogP contribution in [0.1, 0.15) is 0 Å². The van der Waals surface area contributed by atoms with Crippen molar-refractivity contribution in [3.05, 3.63) is 50.7 Å². The molecule has 0 bridgehead atoms. The molecule has 2 aromatic rings. The topological polar surface area (TPSA) is 72.2 Å². The fraction of sp³-hybridized carbons (Fsp3) is 0. The Kier molecular flexibility index (Phi) is 4.67. The number of anilines is 2. The first-order chi connectivity index (χ1) is 9.72. The van der Waals surface area contributed by atoms with Crippen molar-refractivity contribution in [2.75, 3.05) is 10.5 Å². The van der Waals surface area contributed by atoms with Gasteiger partial charge in [0.15, 0.2) is 0 Å². The third-order valence-corrected chi connectivity index (χ3v) is 5.24. The first-order valence-electron chi connectivity index (χ1n) is 5.43. The van der Waals surface area contributed by atoms with E-state index in [0.29, 0.717) is 4.47 Å². The van der Waals surface area contributed by atoms with Crippen molar-refractivity contribution < 1.29 is 12.8 Å². The highest BCUT2D eigenvalue weighted by atomic mass is 79.9. The van der Waals surface area contributed by atoms with Gasteiger partial charge < -0.3 is 5.73 Å². The fourth-order valence-corrected chi connectivity index (χ4v) is 4.65. The van der Waals surface area contributed by atoms with Crippen LogP contribution in [0.5, 0.6) is 0 Å². The first kappa shape index (κ1) is 16.4. The number of sulfonamides is 1. The van der Waals surface area contributed by atoms with Crippen LogP contribution in [0.2, 0.25) is 10.0 Å². The van der Waals surface area contributed by atoms with Crippen molar-refractivity contribution in [1.82, 2.24) is 0 Å². The quantitative estimate of drug-likeness (QED) is 0.737. The van der Waals surface area contributed by atoms with Gasteiger partial charge >= 0.3 is 0 Å². The SMILES string of the molecule is Nc1cccc(F)c1NS(=O)(=O)c1c(Cl)cc(Br)cc1Cl. The van der Waals surface area contributed by atoms with E-state index in [4.69, 9.17) is 28.9 Å². The highest BCUT2D eigenvalue weighted by molar-refractivity contribution is 9.10. The summed E-state index contributed by atoms with van der Waals surface area (Å²) < 4.78 is 40.9. The third-order valence-electron chi connectivity index (χ3n) is 2.51. The van der Waals surface area contributed by atoms with E-state index in [2.05, 4.69) is 20.7 Å². The number of hydrogen-bond donors (Lipinski definition) is 2. The van der Waals surface area contributed by atoms with Gasteiger partial charge in [0.25, 0.3) is 10.0 Å². The Morgan fingerprint density at radius 2 is 1.76 bits per heavy atom. The molecule has 2 aromatic carbocycles. The molecule has 21 heavy (non-hydrogen) atoms. The van der Waals surface area contributed by atoms with Crippen LogP contribution in [-0.4, -0.2) is 8.42 Å². The van der Waals surface area contributed by atoms with Crippen LogP contribution < -0.4 is 10.5 Å². The largest absolute Gasteiger partial charge is 0.397 e. The summed E-state index contributed by atoms with van der Waals surface area (Å²) in [7, 11) is -4.19. The van der Waals surface area contributed by atoms with Crippen molar-refractivity contribution in [3.8, 4) is 0 Å². The van der Waals surface area contributed by atoms with E-state index in [-0.39, 0.29) is 26.3 Å². The summed E-state index contributed by atoms with van der Waals surface area (Å²) in [5.41, 5.74) is 5.16. The molecule has 0 aliphatic heterocycles. The zero-order chi connectivity index (χ0) is 15.8. The minimum absolute atomic E-state index is 0.0528. The van der Waals surface area contributed by atoms with Crippen molar-refractivity contribution in [2.45, 2.75) is 4.90 Å². The molecule has 0 atom stereocenters. The Morgan fingerprint density at radius 1 is 1.19 bits per heavy atom. The second-order valence-electron chi connectivity index (χ2n) is 4.01. The van der Waals surface area contributed by atoms with Crippen molar-refractivity contribution in [2.24, 2.45) is 0 Å². The molecule has 2 rings (SSSR count). The maximum Gasteiger partial charge on any atom is 0.265 e. The number of rotatable bonds is 3. The van der Waals surface area contributed by atoms with Gasteiger partial charge in [-0.2, -0.15) is 0 Å². The summed E-state index contributed by atoms with van der Waals surface area (Å²) in [6.45, 7) is 0. The Hall–Kier alpha value is -1.02. The Morgan fingerprint density at radius 3 is 2.29 bits per heavy atom. The van der Waals surface area contributed by atoms with Crippen LogP contribution in [0.15, 0.2) is 39.7 Å². The van der Waals surface area contributed by atoms with Gasteiger partial charge in [0, 0.05) is 4.47 Å². The standard InChI is InChI=1S/C12H8BrCl2FN2O2S/c13-6-4-7(14)12(8(15)5-6)21(19,20)18-11-9(16)2-1-3-10(11)17/h1-5,18H,17H2. The monoisotopic (exact) mass is 412 g/mol. The maximum atomic E-state index is 13.7. The van der Waals surface area contributed by atoms with Crippen molar-refractivity contribution >= 4 is 60.5 Å². The van der Waals surface area contributed by atoms with Crippen LogP contribution in [-0.2, 0) is 10.0 Å². The molecule has 0 heterocycles. The number of hydrogen-bond acceptors (Lipinski definition) is 3. The number of para-hydroxylation sites is 1. The van der Waals surface area contributed by atoms with Gasteiger partial charge in [-0.05, 0) is 24.3 Å². The van der Waals surface area contributed by atoms with Crippen LogP contribution in [0.4, 0.5) is 15.8 Å². The van der Waals surface area contributed by atoms with Gasteiger partial charge in [0.05, 0.1) is 15.7 Å². The van der Waals surface area contributed by atoms with Gasteiger partial charge in [-0.3, -0.25) is 4.72 Å². The lowest BCUT2D eigenvalue weighted by Crippen LogP contribution is -2.16. The fourth-order valence-electron chi connectivity index (χ4n) is 1.62. The van der Waals surface area contributed by atoms with Gasteiger partial charge in [0.2, 0.25) is 0 Å². The average molecular weight is 414 g/mol. The third kappa shape index (κ3) is 3.42. The van der Waals surface area contributed by atoms with Crippen LogP contribution in [0.3, 0.4) is 0 Å². The number of halogens is 4. The molecule has 112 valence electrons. The molecule has 9 heteroatoms. The molecular weight excluding hydrogens is 406 g/mol. The molecule has 0 saturated carbocycles. The molecule has 0 unspecified atom stereocenters. The Bertz CT molecular complexity index is 772. The molecule has 0 saturated heterocycles. The molecule has 0 amide bonds. The molecule has 0 spiro atoms. The molecule has 0 aromatic heterocycles. The molecule has 0 fully saturated rings. The smallest absolute Gasteiger partial charge is 0.265 e. The van der Waals surface area contributed by atoms with Gasteiger partial charge in [0.1, 0.15) is 16.4 Å². The van der Waals surface area contributed by atoms with Gasteiger partial charge in [-0.15, -0.1) is 0 Å². The van der Waals surface area contributed by atoms with Gasteiger partial charge in [-0.1, -0.05) is 45.2 Å². The molecular formula is C12H8BrCl2FN2O2S. The lowest BCUT2D eigenvalue weighted by molar-refractivity contribution is 0.598. The predicted molar refractivity (Wildman–Crippen MR) is 85.8 cm³/mol. The first-order valence-corrected chi connectivity index (χ1v) is 8.47. The molecule has 0 aliphatic carbocycles. The minimum Gasteiger partial charge on any atom is -0.397 e. The van der Waals surface area contributed by atoms with Crippen molar-refractivity contribution in [3.63, 3.8) is 0 Å². The summed E-state index contributed by atoms with van der Waals surface area (Å²) in [6, 6.07) is 6.55. The lowest BCUT2D eigenvalue weighted by Gasteiger charge is -2.13. The summed E-state index contributed by atoms with van der Waals surface area (Å²) in [5, 5.41) is -0.200. The Balaban J connectivity index is 2.54.